The van der Waals surface area contributed by atoms with E-state index in [4.69, 9.17) is 0 Å². The van der Waals surface area contributed by atoms with E-state index in [0.717, 1.165) is 30.4 Å². The van der Waals surface area contributed by atoms with Crippen molar-refractivity contribution in [2.45, 2.75) is 32.7 Å². The van der Waals surface area contributed by atoms with E-state index >= 15 is 0 Å². The third-order valence-electron chi connectivity index (χ3n) is 3.36. The van der Waals surface area contributed by atoms with Gasteiger partial charge in [-0.05, 0) is 18.6 Å². The molecule has 0 saturated carbocycles. The number of guanidine groups is 1. The van der Waals surface area contributed by atoms with E-state index in [1.54, 1.807) is 13.4 Å². The van der Waals surface area contributed by atoms with Crippen molar-refractivity contribution in [3.8, 4) is 5.69 Å². The lowest BCUT2D eigenvalue weighted by Crippen LogP contribution is -2.37. The first-order chi connectivity index (χ1) is 10.8. The molecule has 0 aliphatic carbocycles. The van der Waals surface area contributed by atoms with Crippen LogP contribution in [0.25, 0.3) is 5.69 Å². The van der Waals surface area contributed by atoms with Crippen LogP contribution in [0.15, 0.2) is 41.7 Å². The summed E-state index contributed by atoms with van der Waals surface area (Å²) in [5.74, 6) is 1.64. The Morgan fingerprint density at radius 2 is 1.96 bits per heavy atom. The van der Waals surface area contributed by atoms with Crippen molar-refractivity contribution >= 4 is 29.9 Å². The minimum absolute atomic E-state index is 0. The molecular weight excluding hydrogens is 403 g/mol. The van der Waals surface area contributed by atoms with Crippen molar-refractivity contribution in [3.05, 3.63) is 42.5 Å². The average Bonchev–Trinajstić information content (AvgIpc) is 3.03. The van der Waals surface area contributed by atoms with Crippen LogP contribution in [0.3, 0.4) is 0 Å². The zero-order valence-corrected chi connectivity index (χ0v) is 16.0. The van der Waals surface area contributed by atoms with E-state index in [1.165, 1.54) is 12.8 Å². The minimum Gasteiger partial charge on any atom is -0.356 e. The molecule has 6 nitrogen and oxygen atoms in total. The lowest BCUT2D eigenvalue weighted by atomic mass is 10.2. The van der Waals surface area contributed by atoms with Crippen molar-refractivity contribution in [3.63, 3.8) is 0 Å². The molecule has 2 aromatic rings. The molecule has 1 aromatic heterocycles. The quantitative estimate of drug-likeness (QED) is 0.308. The molecule has 2 rings (SSSR count). The number of halogens is 1. The third-order valence-corrected chi connectivity index (χ3v) is 3.36. The zero-order valence-electron chi connectivity index (χ0n) is 13.7. The summed E-state index contributed by atoms with van der Waals surface area (Å²) in [4.78, 5) is 4.22. The molecule has 1 aromatic carbocycles. The summed E-state index contributed by atoms with van der Waals surface area (Å²) in [6.07, 6.45) is 5.32. The van der Waals surface area contributed by atoms with E-state index in [0.29, 0.717) is 6.54 Å². The van der Waals surface area contributed by atoms with Gasteiger partial charge in [0, 0.05) is 19.3 Å². The van der Waals surface area contributed by atoms with Gasteiger partial charge in [-0.1, -0.05) is 38.0 Å². The highest BCUT2D eigenvalue weighted by molar-refractivity contribution is 14.0. The van der Waals surface area contributed by atoms with Gasteiger partial charge >= 0.3 is 0 Å². The normalized spacial score (nSPS) is 11.0. The largest absolute Gasteiger partial charge is 0.356 e. The number of rotatable bonds is 7. The second kappa shape index (κ2) is 11.0. The number of unbranched alkanes of at least 4 members (excludes halogenated alkanes) is 2. The molecule has 23 heavy (non-hydrogen) atoms. The second-order valence-electron chi connectivity index (χ2n) is 5.01. The molecular formula is C16H25IN6. The predicted molar refractivity (Wildman–Crippen MR) is 105 cm³/mol. The summed E-state index contributed by atoms with van der Waals surface area (Å²) < 4.78 is 1.97. The van der Waals surface area contributed by atoms with Gasteiger partial charge in [0.2, 0.25) is 0 Å². The molecule has 1 heterocycles. The van der Waals surface area contributed by atoms with Gasteiger partial charge in [0.25, 0.3) is 0 Å². The Bertz CT molecular complexity index is 581. The number of benzene rings is 1. The SMILES string of the molecule is CCCCCNC(=NC)NCc1nncn1-c1ccccc1.I. The maximum absolute atomic E-state index is 4.22. The Morgan fingerprint density at radius 1 is 1.17 bits per heavy atom. The highest BCUT2D eigenvalue weighted by atomic mass is 127. The molecule has 0 amide bonds. The van der Waals surface area contributed by atoms with Crippen LogP contribution in [0, 0.1) is 0 Å². The Morgan fingerprint density at radius 3 is 2.65 bits per heavy atom. The summed E-state index contributed by atoms with van der Waals surface area (Å²) in [5.41, 5.74) is 1.05. The summed E-state index contributed by atoms with van der Waals surface area (Å²) in [7, 11) is 1.77. The fourth-order valence-electron chi connectivity index (χ4n) is 2.15. The standard InChI is InChI=1S/C16H24N6.HI/c1-3-4-8-11-18-16(17-2)19-12-15-21-20-13-22(15)14-9-6-5-7-10-14;/h5-7,9-10,13H,3-4,8,11-12H2,1-2H3,(H2,17,18,19);1H. The zero-order chi connectivity index (χ0) is 15.6. The van der Waals surface area contributed by atoms with Gasteiger partial charge in [0.1, 0.15) is 6.33 Å². The highest BCUT2D eigenvalue weighted by Crippen LogP contribution is 2.08. The van der Waals surface area contributed by atoms with Crippen molar-refractivity contribution in [1.29, 1.82) is 0 Å². The van der Waals surface area contributed by atoms with E-state index in [9.17, 15) is 0 Å². The van der Waals surface area contributed by atoms with Crippen LogP contribution in [-0.2, 0) is 6.54 Å². The van der Waals surface area contributed by atoms with Gasteiger partial charge in [0.15, 0.2) is 11.8 Å². The maximum Gasteiger partial charge on any atom is 0.191 e. The molecule has 126 valence electrons. The van der Waals surface area contributed by atoms with Crippen LogP contribution >= 0.6 is 24.0 Å². The summed E-state index contributed by atoms with van der Waals surface area (Å²) >= 11 is 0. The molecule has 0 bridgehead atoms. The van der Waals surface area contributed by atoms with Crippen LogP contribution in [-0.4, -0.2) is 34.3 Å². The predicted octanol–water partition coefficient (Wildman–Crippen LogP) is 2.74. The van der Waals surface area contributed by atoms with Crippen LogP contribution in [0.5, 0.6) is 0 Å². The molecule has 0 unspecified atom stereocenters. The molecule has 0 atom stereocenters. The first-order valence-electron chi connectivity index (χ1n) is 7.74. The van der Waals surface area contributed by atoms with Gasteiger partial charge in [-0.3, -0.25) is 9.56 Å². The van der Waals surface area contributed by atoms with Gasteiger partial charge in [0.05, 0.1) is 6.54 Å². The molecule has 0 spiro atoms. The second-order valence-corrected chi connectivity index (χ2v) is 5.01. The molecule has 7 heteroatoms. The lowest BCUT2D eigenvalue weighted by Gasteiger charge is -2.12. The van der Waals surface area contributed by atoms with Crippen LogP contribution in [0.1, 0.15) is 32.0 Å². The number of aliphatic imine (C=N–C) groups is 1. The van der Waals surface area contributed by atoms with Gasteiger partial charge in [-0.2, -0.15) is 0 Å². The summed E-state index contributed by atoms with van der Waals surface area (Å²) in [5, 5.41) is 14.8. The first-order valence-corrected chi connectivity index (χ1v) is 7.74. The van der Waals surface area contributed by atoms with Gasteiger partial charge in [-0.25, -0.2) is 0 Å². The van der Waals surface area contributed by atoms with Crippen LogP contribution in [0.4, 0.5) is 0 Å². The average molecular weight is 428 g/mol. The topological polar surface area (TPSA) is 67.1 Å². The van der Waals surface area contributed by atoms with Gasteiger partial charge in [-0.15, -0.1) is 34.2 Å². The first kappa shape index (κ1) is 19.4. The molecule has 0 aliphatic rings. The fourth-order valence-corrected chi connectivity index (χ4v) is 2.15. The lowest BCUT2D eigenvalue weighted by molar-refractivity contribution is 0.678. The van der Waals surface area contributed by atoms with Crippen LogP contribution < -0.4 is 10.6 Å². The molecule has 0 radical (unpaired) electrons. The van der Waals surface area contributed by atoms with Crippen molar-refractivity contribution in [2.24, 2.45) is 4.99 Å². The van der Waals surface area contributed by atoms with E-state index in [1.807, 2.05) is 34.9 Å². The van der Waals surface area contributed by atoms with E-state index < -0.39 is 0 Å². The number of hydrogen-bond donors (Lipinski definition) is 2. The number of nitrogens with zero attached hydrogens (tertiary/aromatic N) is 4. The number of hydrogen-bond acceptors (Lipinski definition) is 3. The molecule has 0 fully saturated rings. The van der Waals surface area contributed by atoms with E-state index in [2.05, 4.69) is 32.7 Å². The summed E-state index contributed by atoms with van der Waals surface area (Å²) in [6, 6.07) is 10.1. The summed E-state index contributed by atoms with van der Waals surface area (Å²) in [6.45, 7) is 3.70. The van der Waals surface area contributed by atoms with Crippen LogP contribution in [0.2, 0.25) is 0 Å². The fraction of sp³-hybridized carbons (Fsp3) is 0.438. The number of para-hydroxylation sites is 1. The van der Waals surface area contributed by atoms with Crippen molar-refractivity contribution in [1.82, 2.24) is 25.4 Å². The molecule has 0 saturated heterocycles. The Labute approximate surface area is 154 Å². The van der Waals surface area contributed by atoms with Crippen molar-refractivity contribution in [2.75, 3.05) is 13.6 Å². The third kappa shape index (κ3) is 6.17. The smallest absolute Gasteiger partial charge is 0.191 e. The Balaban J connectivity index is 0.00000264. The molecule has 0 aliphatic heterocycles. The van der Waals surface area contributed by atoms with E-state index in [-0.39, 0.29) is 24.0 Å². The minimum atomic E-state index is 0. The highest BCUT2D eigenvalue weighted by Gasteiger charge is 2.06. The Hall–Kier alpha value is -1.64. The van der Waals surface area contributed by atoms with Gasteiger partial charge < -0.3 is 10.6 Å². The number of nitrogens with one attached hydrogen (secondary N) is 2. The number of aromatic nitrogens is 3. The monoisotopic (exact) mass is 428 g/mol. The molecule has 2 N–H and O–H groups in total. The maximum atomic E-state index is 4.22. The Kier molecular flexibility index (Phi) is 9.27. The van der Waals surface area contributed by atoms with Crippen molar-refractivity contribution < 1.29 is 0 Å².